The number of hydrogen-bond donors (Lipinski definition) is 0. The Morgan fingerprint density at radius 3 is 1.94 bits per heavy atom. The van der Waals surface area contributed by atoms with Crippen LogP contribution >= 0.6 is 59.4 Å². The monoisotopic (exact) mass is 436 g/mol. The zero-order chi connectivity index (χ0) is 12.5. The quantitative estimate of drug-likeness (QED) is 0.458. The number of hydrogen-bond acceptors (Lipinski definition) is 0. The Morgan fingerprint density at radius 1 is 0.824 bits per heavy atom. The molecule has 0 aliphatic carbocycles. The van der Waals surface area contributed by atoms with Crippen LogP contribution in [0.25, 0.3) is 11.1 Å². The Balaban J connectivity index is 2.40. The van der Waals surface area contributed by atoms with Crippen LogP contribution in [0.5, 0.6) is 0 Å². The Hall–Kier alpha value is 0.170. The second kappa shape index (κ2) is 5.43. The molecule has 0 aromatic heterocycles. The van der Waals surface area contributed by atoms with E-state index in [1.165, 1.54) is 0 Å². The second-order valence-corrected chi connectivity index (χ2v) is 10.7. The minimum Gasteiger partial charge on any atom is -0.0837 e. The van der Waals surface area contributed by atoms with E-state index in [1.807, 2.05) is 36.4 Å². The Labute approximate surface area is 131 Å². The van der Waals surface area contributed by atoms with E-state index >= 15 is 0 Å². The molecule has 17 heavy (non-hydrogen) atoms. The molecule has 0 aliphatic heterocycles. The molecule has 4 heteroatoms. The van der Waals surface area contributed by atoms with Crippen LogP contribution in [-0.2, 0) is 2.14 Å². The average Bonchev–Trinajstić information content (AvgIpc) is 2.29. The van der Waals surface area contributed by atoms with Crippen LogP contribution < -0.4 is 0 Å². The summed E-state index contributed by atoms with van der Waals surface area (Å²) in [4.78, 5) is 0. The highest BCUT2D eigenvalue weighted by Crippen LogP contribution is 2.44. The van der Waals surface area contributed by atoms with Gasteiger partial charge < -0.3 is 0 Å². The predicted octanol–water partition coefficient (Wildman–Crippen LogP) is 6.30. The van der Waals surface area contributed by atoms with Crippen LogP contribution in [0.3, 0.4) is 0 Å². The van der Waals surface area contributed by atoms with E-state index in [-0.39, 0.29) is 2.14 Å². The molecule has 0 aliphatic rings. The van der Waals surface area contributed by atoms with Crippen LogP contribution in [0.15, 0.2) is 48.5 Å². The van der Waals surface area contributed by atoms with E-state index in [0.29, 0.717) is 0 Å². The van der Waals surface area contributed by atoms with E-state index in [9.17, 15) is 0 Å². The summed E-state index contributed by atoms with van der Waals surface area (Å²) in [6.07, 6.45) is 0. The molecule has 88 valence electrons. The minimum atomic E-state index is -0.369. The summed E-state index contributed by atoms with van der Waals surface area (Å²) < 4.78 is -0.369. The van der Waals surface area contributed by atoms with Crippen LogP contribution in [-0.4, -0.2) is 0 Å². The van der Waals surface area contributed by atoms with Gasteiger partial charge in [-0.25, -0.2) is 0 Å². The minimum absolute atomic E-state index is 0.369. The topological polar surface area (TPSA) is 0 Å². The van der Waals surface area contributed by atoms with Crippen molar-refractivity contribution in [2.75, 3.05) is 0 Å². The molecular formula is C13H8Br3Cl. The SMILES string of the molecule is Clc1ccccc1-c1ccc(C(Br)(Br)Br)cc1. The average molecular weight is 439 g/mol. The lowest BCUT2D eigenvalue weighted by molar-refractivity contribution is 1.37. The summed E-state index contributed by atoms with van der Waals surface area (Å²) >= 11 is 16.6. The first kappa shape index (κ1) is 13.6. The van der Waals surface area contributed by atoms with E-state index < -0.39 is 0 Å². The van der Waals surface area contributed by atoms with Crippen LogP contribution in [0.2, 0.25) is 5.02 Å². The van der Waals surface area contributed by atoms with Gasteiger partial charge in [0.15, 0.2) is 2.14 Å². The molecule has 2 rings (SSSR count). The number of benzene rings is 2. The maximum absolute atomic E-state index is 6.16. The first-order valence-corrected chi connectivity index (χ1v) is 7.66. The van der Waals surface area contributed by atoms with Crippen molar-refractivity contribution in [3.63, 3.8) is 0 Å². The van der Waals surface area contributed by atoms with Gasteiger partial charge in [-0.2, -0.15) is 0 Å². The maximum atomic E-state index is 6.16. The molecule has 0 N–H and O–H groups in total. The van der Waals surface area contributed by atoms with Gasteiger partial charge in [-0.1, -0.05) is 102 Å². The summed E-state index contributed by atoms with van der Waals surface area (Å²) in [5, 5.41) is 0.767. The Morgan fingerprint density at radius 2 is 1.41 bits per heavy atom. The predicted molar refractivity (Wildman–Crippen MR) is 85.3 cm³/mol. The first-order valence-electron chi connectivity index (χ1n) is 4.90. The molecule has 0 nitrogen and oxygen atoms in total. The van der Waals surface area contributed by atoms with Crippen molar-refractivity contribution in [2.45, 2.75) is 2.14 Å². The van der Waals surface area contributed by atoms with Crippen molar-refractivity contribution in [1.82, 2.24) is 0 Å². The third-order valence-electron chi connectivity index (χ3n) is 2.40. The largest absolute Gasteiger partial charge is 0.159 e. The molecule has 2 aromatic rings. The summed E-state index contributed by atoms with van der Waals surface area (Å²) in [5.74, 6) is 0. The molecule has 0 fully saturated rings. The summed E-state index contributed by atoms with van der Waals surface area (Å²) in [6.45, 7) is 0. The van der Waals surface area contributed by atoms with Gasteiger partial charge in [-0.05, 0) is 17.2 Å². The highest BCUT2D eigenvalue weighted by Gasteiger charge is 2.20. The highest BCUT2D eigenvalue weighted by atomic mass is 80.0. The zero-order valence-electron chi connectivity index (χ0n) is 8.63. The van der Waals surface area contributed by atoms with E-state index in [4.69, 9.17) is 11.6 Å². The molecular weight excluding hydrogens is 431 g/mol. The molecule has 0 saturated heterocycles. The fourth-order valence-corrected chi connectivity index (χ4v) is 2.57. The maximum Gasteiger partial charge on any atom is 0.159 e. The standard InChI is InChI=1S/C13H8Br3Cl/c14-13(15,16)10-7-5-9(6-8-10)11-3-1-2-4-12(11)17/h1-8H. The van der Waals surface area contributed by atoms with Gasteiger partial charge in [-0.15, -0.1) is 0 Å². The van der Waals surface area contributed by atoms with Crippen LogP contribution in [0, 0.1) is 0 Å². The van der Waals surface area contributed by atoms with Gasteiger partial charge in [0.1, 0.15) is 0 Å². The Kier molecular flexibility index (Phi) is 4.35. The van der Waals surface area contributed by atoms with Gasteiger partial charge in [0, 0.05) is 10.6 Å². The third-order valence-corrected chi connectivity index (χ3v) is 4.10. The lowest BCUT2D eigenvalue weighted by atomic mass is 10.0. The number of halogens is 4. The summed E-state index contributed by atoms with van der Waals surface area (Å²) in [7, 11) is 0. The molecule has 2 aromatic carbocycles. The van der Waals surface area contributed by atoms with Gasteiger partial charge in [0.2, 0.25) is 0 Å². The number of rotatable bonds is 1. The van der Waals surface area contributed by atoms with Crippen molar-refractivity contribution < 1.29 is 0 Å². The molecule has 0 unspecified atom stereocenters. The van der Waals surface area contributed by atoms with Crippen LogP contribution in [0.4, 0.5) is 0 Å². The number of alkyl halides is 3. The lowest BCUT2D eigenvalue weighted by Gasteiger charge is -2.13. The van der Waals surface area contributed by atoms with Crippen molar-refractivity contribution in [1.29, 1.82) is 0 Å². The lowest BCUT2D eigenvalue weighted by Crippen LogP contribution is -1.96. The van der Waals surface area contributed by atoms with E-state index in [2.05, 4.69) is 59.9 Å². The van der Waals surface area contributed by atoms with Gasteiger partial charge >= 0.3 is 0 Å². The van der Waals surface area contributed by atoms with Crippen molar-refractivity contribution in [3.05, 3.63) is 59.1 Å². The molecule has 0 heterocycles. The first-order chi connectivity index (χ1) is 7.98. The molecule has 0 amide bonds. The van der Waals surface area contributed by atoms with Crippen molar-refractivity contribution in [2.24, 2.45) is 0 Å². The van der Waals surface area contributed by atoms with Crippen molar-refractivity contribution in [3.8, 4) is 11.1 Å². The zero-order valence-corrected chi connectivity index (χ0v) is 14.1. The Bertz CT molecular complexity index is 515. The normalized spacial score (nSPS) is 11.5. The summed E-state index contributed by atoms with van der Waals surface area (Å²) in [6, 6.07) is 16.0. The van der Waals surface area contributed by atoms with Crippen LogP contribution in [0.1, 0.15) is 5.56 Å². The van der Waals surface area contributed by atoms with E-state index in [1.54, 1.807) is 0 Å². The second-order valence-electron chi connectivity index (χ2n) is 3.55. The molecule has 0 atom stereocenters. The smallest absolute Gasteiger partial charge is 0.0837 e. The molecule has 0 spiro atoms. The van der Waals surface area contributed by atoms with E-state index in [0.717, 1.165) is 21.7 Å². The highest BCUT2D eigenvalue weighted by molar-refractivity contribution is 9.38. The third kappa shape index (κ3) is 3.34. The van der Waals surface area contributed by atoms with Gasteiger partial charge in [-0.3, -0.25) is 0 Å². The van der Waals surface area contributed by atoms with Crippen molar-refractivity contribution >= 4 is 59.4 Å². The summed E-state index contributed by atoms with van der Waals surface area (Å²) in [5.41, 5.74) is 3.24. The fourth-order valence-electron chi connectivity index (χ4n) is 1.53. The van der Waals surface area contributed by atoms with Gasteiger partial charge in [0.25, 0.3) is 0 Å². The molecule has 0 bridgehead atoms. The van der Waals surface area contributed by atoms with Gasteiger partial charge in [0.05, 0.1) is 0 Å². The molecule has 0 saturated carbocycles. The molecule has 0 radical (unpaired) electrons. The fraction of sp³-hybridized carbons (Fsp3) is 0.0769.